The molecule has 1 aliphatic rings. The summed E-state index contributed by atoms with van der Waals surface area (Å²) < 4.78 is 0. The fourth-order valence-corrected chi connectivity index (χ4v) is 4.79. The number of fused-ring (bicyclic) bond motifs is 1. The number of nitrogens with one attached hydrogen (secondary N) is 2. The topological polar surface area (TPSA) is 52.6 Å². The second-order valence-electron chi connectivity index (χ2n) is 6.26. The van der Waals surface area contributed by atoms with Crippen LogP contribution in [0.4, 0.5) is 0 Å². The minimum Gasteiger partial charge on any atom is -0.357 e. The summed E-state index contributed by atoms with van der Waals surface area (Å²) in [5.41, 5.74) is 2.61. The summed E-state index contributed by atoms with van der Waals surface area (Å²) in [6.45, 7) is 11.9. The number of guanidine groups is 1. The maximum atomic E-state index is 4.72. The Balaban J connectivity index is 1.48. The molecule has 2 aromatic heterocycles. The van der Waals surface area contributed by atoms with E-state index in [1.165, 1.54) is 16.9 Å². The predicted octanol–water partition coefficient (Wildman–Crippen LogP) is 2.93. The van der Waals surface area contributed by atoms with Gasteiger partial charge in [0.25, 0.3) is 0 Å². The van der Waals surface area contributed by atoms with E-state index >= 15 is 0 Å². The third-order valence-electron chi connectivity index (χ3n) is 4.33. The van der Waals surface area contributed by atoms with Gasteiger partial charge < -0.3 is 10.6 Å². The van der Waals surface area contributed by atoms with Crippen molar-refractivity contribution in [2.75, 3.05) is 26.2 Å². The maximum Gasteiger partial charge on any atom is 0.191 e. The van der Waals surface area contributed by atoms with E-state index in [1.54, 1.807) is 16.2 Å². The second kappa shape index (κ2) is 8.78. The van der Waals surface area contributed by atoms with Crippen molar-refractivity contribution in [2.45, 2.75) is 40.3 Å². The number of hydrogen-bond acceptors (Lipinski definition) is 5. The molecule has 2 aromatic rings. The van der Waals surface area contributed by atoms with E-state index < -0.39 is 0 Å². The van der Waals surface area contributed by atoms with E-state index in [0.717, 1.165) is 49.4 Å². The zero-order chi connectivity index (χ0) is 17.6. The van der Waals surface area contributed by atoms with Crippen molar-refractivity contribution in [3.05, 3.63) is 37.5 Å². The number of aliphatic imine (C=N–C) groups is 1. The lowest BCUT2D eigenvalue weighted by Gasteiger charge is -2.27. The number of aromatic nitrogens is 1. The molecule has 5 nitrogen and oxygen atoms in total. The van der Waals surface area contributed by atoms with E-state index in [1.807, 2.05) is 18.3 Å². The molecule has 136 valence electrons. The van der Waals surface area contributed by atoms with E-state index in [0.29, 0.717) is 6.54 Å². The van der Waals surface area contributed by atoms with Crippen molar-refractivity contribution in [3.63, 3.8) is 0 Å². The molecule has 1 aliphatic heterocycles. The lowest BCUT2D eigenvalue weighted by atomic mass is 10.1. The molecule has 0 aromatic carbocycles. The Kier molecular flexibility index (Phi) is 6.45. The Bertz CT molecular complexity index is 719. The smallest absolute Gasteiger partial charge is 0.191 e. The first-order chi connectivity index (χ1) is 12.2. The first-order valence-corrected chi connectivity index (χ1v) is 10.6. The largest absolute Gasteiger partial charge is 0.357 e. The van der Waals surface area contributed by atoms with Gasteiger partial charge in [0.2, 0.25) is 0 Å². The molecule has 0 amide bonds. The average molecular weight is 378 g/mol. The Morgan fingerprint density at radius 2 is 2.24 bits per heavy atom. The number of nitrogens with zero attached hydrogens (tertiary/aromatic N) is 3. The number of thiophene rings is 1. The van der Waals surface area contributed by atoms with Gasteiger partial charge in [-0.25, -0.2) is 9.98 Å². The SMILES string of the molecule is CCNC(=NCc1sc(C)nc1C)NCCN1CCc2sccc2C1. The Morgan fingerprint density at radius 1 is 1.36 bits per heavy atom. The molecule has 0 bridgehead atoms. The van der Waals surface area contributed by atoms with E-state index in [-0.39, 0.29) is 0 Å². The van der Waals surface area contributed by atoms with Gasteiger partial charge in [0.1, 0.15) is 0 Å². The maximum absolute atomic E-state index is 4.72. The van der Waals surface area contributed by atoms with Crippen molar-refractivity contribution in [1.29, 1.82) is 0 Å². The van der Waals surface area contributed by atoms with Crippen LogP contribution in [0.5, 0.6) is 0 Å². The van der Waals surface area contributed by atoms with Crippen molar-refractivity contribution in [3.8, 4) is 0 Å². The molecule has 0 unspecified atom stereocenters. The average Bonchev–Trinajstić information content (AvgIpc) is 3.18. The molecule has 2 N–H and O–H groups in total. The van der Waals surface area contributed by atoms with Gasteiger partial charge in [0.05, 0.1) is 17.2 Å². The normalized spacial score (nSPS) is 15.2. The molecule has 0 radical (unpaired) electrons. The molecule has 0 fully saturated rings. The zero-order valence-corrected chi connectivity index (χ0v) is 16.9. The number of hydrogen-bond donors (Lipinski definition) is 2. The third-order valence-corrected chi connectivity index (χ3v) is 6.41. The second-order valence-corrected chi connectivity index (χ2v) is 8.55. The quantitative estimate of drug-likeness (QED) is 0.600. The van der Waals surface area contributed by atoms with Gasteiger partial charge in [0, 0.05) is 42.5 Å². The molecule has 3 heterocycles. The molecule has 0 aliphatic carbocycles. The van der Waals surface area contributed by atoms with Gasteiger partial charge in [-0.2, -0.15) is 0 Å². The van der Waals surface area contributed by atoms with Gasteiger partial charge in [-0.15, -0.1) is 22.7 Å². The fraction of sp³-hybridized carbons (Fsp3) is 0.556. The summed E-state index contributed by atoms with van der Waals surface area (Å²) in [5, 5.41) is 10.1. The summed E-state index contributed by atoms with van der Waals surface area (Å²) in [7, 11) is 0. The molecule has 0 saturated heterocycles. The molecule has 0 atom stereocenters. The molecular weight excluding hydrogens is 350 g/mol. The molecule has 0 spiro atoms. The van der Waals surface area contributed by atoms with Crippen LogP contribution in [0, 0.1) is 13.8 Å². The van der Waals surface area contributed by atoms with Gasteiger partial charge in [0.15, 0.2) is 5.96 Å². The molecule has 25 heavy (non-hydrogen) atoms. The first-order valence-electron chi connectivity index (χ1n) is 8.88. The van der Waals surface area contributed by atoms with Crippen LogP contribution in [0.25, 0.3) is 0 Å². The van der Waals surface area contributed by atoms with E-state index in [4.69, 9.17) is 4.99 Å². The number of thiazole rings is 1. The van der Waals surface area contributed by atoms with Crippen LogP contribution in [0.3, 0.4) is 0 Å². The van der Waals surface area contributed by atoms with Crippen LogP contribution in [0.2, 0.25) is 0 Å². The van der Waals surface area contributed by atoms with Crippen molar-refractivity contribution >= 4 is 28.6 Å². The van der Waals surface area contributed by atoms with Gasteiger partial charge >= 0.3 is 0 Å². The molecule has 3 rings (SSSR count). The van der Waals surface area contributed by atoms with Crippen LogP contribution in [-0.2, 0) is 19.5 Å². The lowest BCUT2D eigenvalue weighted by molar-refractivity contribution is 0.260. The monoisotopic (exact) mass is 377 g/mol. The summed E-state index contributed by atoms with van der Waals surface area (Å²) in [5.74, 6) is 0.890. The van der Waals surface area contributed by atoms with Crippen LogP contribution in [-0.4, -0.2) is 42.0 Å². The van der Waals surface area contributed by atoms with E-state index in [9.17, 15) is 0 Å². The highest BCUT2D eigenvalue weighted by Gasteiger charge is 2.16. The lowest BCUT2D eigenvalue weighted by Crippen LogP contribution is -2.42. The highest BCUT2D eigenvalue weighted by molar-refractivity contribution is 7.11. The third kappa shape index (κ3) is 5.03. The highest BCUT2D eigenvalue weighted by Crippen LogP contribution is 2.23. The Hall–Kier alpha value is -1.44. The minimum atomic E-state index is 0.689. The first kappa shape index (κ1) is 18.4. The fourth-order valence-electron chi connectivity index (χ4n) is 3.04. The van der Waals surface area contributed by atoms with Crippen LogP contribution in [0.1, 0.15) is 32.9 Å². The van der Waals surface area contributed by atoms with Crippen LogP contribution < -0.4 is 10.6 Å². The van der Waals surface area contributed by atoms with Gasteiger partial charge in [-0.3, -0.25) is 4.90 Å². The Labute approximate surface area is 158 Å². The number of rotatable bonds is 6. The summed E-state index contributed by atoms with van der Waals surface area (Å²) >= 11 is 3.63. The summed E-state index contributed by atoms with van der Waals surface area (Å²) in [4.78, 5) is 14.5. The Morgan fingerprint density at radius 3 is 3.00 bits per heavy atom. The van der Waals surface area contributed by atoms with Crippen LogP contribution in [0.15, 0.2) is 16.4 Å². The molecular formula is C18H27N5S2. The van der Waals surface area contributed by atoms with Crippen molar-refractivity contribution in [2.24, 2.45) is 4.99 Å². The predicted molar refractivity (Wildman–Crippen MR) is 108 cm³/mol. The van der Waals surface area contributed by atoms with Gasteiger partial charge in [-0.05, 0) is 44.2 Å². The van der Waals surface area contributed by atoms with Crippen LogP contribution >= 0.6 is 22.7 Å². The number of aryl methyl sites for hydroxylation is 2. The molecule has 0 saturated carbocycles. The van der Waals surface area contributed by atoms with E-state index in [2.05, 4.69) is 45.8 Å². The van der Waals surface area contributed by atoms with Crippen molar-refractivity contribution in [1.82, 2.24) is 20.5 Å². The minimum absolute atomic E-state index is 0.689. The van der Waals surface area contributed by atoms with Crippen molar-refractivity contribution < 1.29 is 0 Å². The standard InChI is InChI=1S/C18H27N5S2/c1-4-19-18(21-11-17-13(2)22-14(3)25-17)20-7-9-23-8-5-16-15(12-23)6-10-24-16/h6,10H,4-5,7-9,11-12H2,1-3H3,(H2,19,20,21). The zero-order valence-electron chi connectivity index (χ0n) is 15.3. The highest BCUT2D eigenvalue weighted by atomic mass is 32.1. The summed E-state index contributed by atoms with van der Waals surface area (Å²) in [6.07, 6.45) is 1.19. The van der Waals surface area contributed by atoms with Gasteiger partial charge in [-0.1, -0.05) is 0 Å². The summed E-state index contributed by atoms with van der Waals surface area (Å²) in [6, 6.07) is 2.27. The molecule has 7 heteroatoms.